The molecular weight excluding hydrogens is 346 g/mol. The highest BCUT2D eigenvalue weighted by molar-refractivity contribution is 7.13. The zero-order valence-electron chi connectivity index (χ0n) is 15.1. The number of anilines is 1. The summed E-state index contributed by atoms with van der Waals surface area (Å²) in [6, 6.07) is 14.4. The molecule has 136 valence electrons. The first kappa shape index (κ1) is 17.1. The number of benzene rings is 1. The Kier molecular flexibility index (Phi) is 4.95. The maximum atomic E-state index is 6.21. The Balaban J connectivity index is 1.39. The average Bonchev–Trinajstić information content (AvgIpc) is 3.32. The molecule has 0 spiro atoms. The van der Waals surface area contributed by atoms with Crippen LogP contribution in [0.15, 0.2) is 52.4 Å². The summed E-state index contributed by atoms with van der Waals surface area (Å²) in [5.74, 6) is 1.81. The van der Waals surface area contributed by atoms with E-state index in [4.69, 9.17) is 9.26 Å². The summed E-state index contributed by atoms with van der Waals surface area (Å²) in [6.07, 6.45) is 0.138. The molecule has 2 aromatic heterocycles. The highest BCUT2D eigenvalue weighted by atomic mass is 32.1. The fourth-order valence-corrected chi connectivity index (χ4v) is 4.06. The lowest BCUT2D eigenvalue weighted by Crippen LogP contribution is -2.45. The van der Waals surface area contributed by atoms with Crippen LogP contribution in [0.1, 0.15) is 12.6 Å². The molecule has 0 N–H and O–H groups in total. The molecule has 0 saturated carbocycles. The third kappa shape index (κ3) is 3.61. The van der Waals surface area contributed by atoms with E-state index in [-0.39, 0.29) is 6.10 Å². The summed E-state index contributed by atoms with van der Waals surface area (Å²) in [6.45, 7) is 5.64. The minimum absolute atomic E-state index is 0.138. The van der Waals surface area contributed by atoms with Gasteiger partial charge >= 0.3 is 0 Å². The van der Waals surface area contributed by atoms with Crippen molar-refractivity contribution in [1.82, 2.24) is 10.1 Å². The van der Waals surface area contributed by atoms with Gasteiger partial charge in [0.05, 0.1) is 22.8 Å². The maximum absolute atomic E-state index is 6.21. The Morgan fingerprint density at radius 3 is 2.96 bits per heavy atom. The van der Waals surface area contributed by atoms with Gasteiger partial charge in [0, 0.05) is 25.7 Å². The van der Waals surface area contributed by atoms with Crippen LogP contribution in [-0.2, 0) is 6.54 Å². The van der Waals surface area contributed by atoms with E-state index in [0.29, 0.717) is 0 Å². The zero-order valence-corrected chi connectivity index (χ0v) is 15.9. The Hall–Kier alpha value is -2.31. The number of nitrogens with zero attached hydrogens (tertiary/aromatic N) is 3. The van der Waals surface area contributed by atoms with Gasteiger partial charge in [-0.15, -0.1) is 11.3 Å². The van der Waals surface area contributed by atoms with Crippen LogP contribution in [0.3, 0.4) is 0 Å². The number of hydrogen-bond donors (Lipinski definition) is 0. The molecule has 0 aliphatic carbocycles. The molecule has 1 aliphatic rings. The van der Waals surface area contributed by atoms with Gasteiger partial charge in [-0.2, -0.15) is 0 Å². The van der Waals surface area contributed by atoms with Gasteiger partial charge in [-0.25, -0.2) is 0 Å². The number of hydrogen-bond acceptors (Lipinski definition) is 6. The van der Waals surface area contributed by atoms with E-state index >= 15 is 0 Å². The molecule has 5 nitrogen and oxygen atoms in total. The standard InChI is InChI=1S/C20H23N3O2S/c1-3-23-14-16(24-18-8-5-4-7-17(18)23)13-22(2)12-15-11-19(25-21-15)20-9-6-10-26-20/h4-11,16H,3,12-14H2,1-2H3/t16-/m0/s1. The highest BCUT2D eigenvalue weighted by Gasteiger charge is 2.25. The number of ether oxygens (including phenoxy) is 1. The first-order valence-electron chi connectivity index (χ1n) is 8.91. The van der Waals surface area contributed by atoms with Gasteiger partial charge in [-0.05, 0) is 37.6 Å². The largest absolute Gasteiger partial charge is 0.485 e. The molecule has 3 heterocycles. The molecule has 3 aromatic rings. The number of para-hydroxylation sites is 2. The number of rotatable bonds is 6. The third-order valence-electron chi connectivity index (χ3n) is 4.58. The Bertz CT molecular complexity index is 846. The van der Waals surface area contributed by atoms with E-state index in [1.807, 2.05) is 29.6 Å². The Morgan fingerprint density at radius 1 is 1.27 bits per heavy atom. The number of aromatic nitrogens is 1. The molecular formula is C20H23N3O2S. The van der Waals surface area contributed by atoms with E-state index in [1.165, 1.54) is 5.69 Å². The van der Waals surface area contributed by atoms with Gasteiger partial charge in [-0.3, -0.25) is 4.90 Å². The molecule has 0 amide bonds. The van der Waals surface area contributed by atoms with Crippen molar-refractivity contribution in [3.8, 4) is 16.4 Å². The van der Waals surface area contributed by atoms with Crippen LogP contribution in [0.4, 0.5) is 5.69 Å². The molecule has 0 fully saturated rings. The minimum Gasteiger partial charge on any atom is -0.485 e. The summed E-state index contributed by atoms with van der Waals surface area (Å²) in [7, 11) is 2.10. The molecule has 1 aromatic carbocycles. The first-order valence-corrected chi connectivity index (χ1v) is 9.79. The molecule has 0 unspecified atom stereocenters. The van der Waals surface area contributed by atoms with Crippen molar-refractivity contribution in [3.63, 3.8) is 0 Å². The maximum Gasteiger partial charge on any atom is 0.177 e. The second kappa shape index (κ2) is 7.51. The van der Waals surface area contributed by atoms with E-state index in [2.05, 4.69) is 47.1 Å². The van der Waals surface area contributed by atoms with Crippen LogP contribution in [0.25, 0.3) is 10.6 Å². The molecule has 0 saturated heterocycles. The predicted octanol–water partition coefficient (Wildman–Crippen LogP) is 4.12. The van der Waals surface area contributed by atoms with Crippen molar-refractivity contribution < 1.29 is 9.26 Å². The topological polar surface area (TPSA) is 41.7 Å². The molecule has 6 heteroatoms. The van der Waals surface area contributed by atoms with Gasteiger partial charge in [0.25, 0.3) is 0 Å². The summed E-state index contributed by atoms with van der Waals surface area (Å²) >= 11 is 1.66. The lowest BCUT2D eigenvalue weighted by molar-refractivity contribution is 0.138. The summed E-state index contributed by atoms with van der Waals surface area (Å²) in [5, 5.41) is 6.25. The monoisotopic (exact) mass is 369 g/mol. The summed E-state index contributed by atoms with van der Waals surface area (Å²) in [4.78, 5) is 5.72. The quantitative estimate of drug-likeness (QED) is 0.654. The Morgan fingerprint density at radius 2 is 2.15 bits per heavy atom. The van der Waals surface area contributed by atoms with E-state index in [9.17, 15) is 0 Å². The van der Waals surface area contributed by atoms with Crippen molar-refractivity contribution in [3.05, 3.63) is 53.5 Å². The fourth-order valence-electron chi connectivity index (χ4n) is 3.38. The first-order chi connectivity index (χ1) is 12.7. The lowest BCUT2D eigenvalue weighted by Gasteiger charge is -2.37. The van der Waals surface area contributed by atoms with E-state index < -0.39 is 0 Å². The molecule has 1 aliphatic heterocycles. The van der Waals surface area contributed by atoms with Crippen molar-refractivity contribution in [2.75, 3.05) is 31.6 Å². The minimum atomic E-state index is 0.138. The normalized spacial score (nSPS) is 16.6. The lowest BCUT2D eigenvalue weighted by atomic mass is 10.2. The Labute approximate surface area is 157 Å². The molecule has 26 heavy (non-hydrogen) atoms. The SMILES string of the molecule is CCN1C[C@H](CN(C)Cc2cc(-c3cccs3)on2)Oc2ccccc21. The van der Waals surface area contributed by atoms with Crippen molar-refractivity contribution in [2.45, 2.75) is 19.6 Å². The predicted molar refractivity (Wildman–Crippen MR) is 105 cm³/mol. The van der Waals surface area contributed by atoms with Crippen LogP contribution in [0.5, 0.6) is 5.75 Å². The number of thiophene rings is 1. The smallest absolute Gasteiger partial charge is 0.177 e. The van der Waals surface area contributed by atoms with Crippen LogP contribution in [0.2, 0.25) is 0 Å². The van der Waals surface area contributed by atoms with Crippen molar-refractivity contribution in [1.29, 1.82) is 0 Å². The summed E-state index contributed by atoms with van der Waals surface area (Å²) in [5.41, 5.74) is 2.13. The van der Waals surface area contributed by atoms with E-state index in [1.54, 1.807) is 11.3 Å². The van der Waals surface area contributed by atoms with Crippen LogP contribution < -0.4 is 9.64 Å². The van der Waals surface area contributed by atoms with Crippen LogP contribution >= 0.6 is 11.3 Å². The van der Waals surface area contributed by atoms with Gasteiger partial charge in [0.1, 0.15) is 11.9 Å². The van der Waals surface area contributed by atoms with Gasteiger partial charge in [0.15, 0.2) is 5.76 Å². The molecule has 0 bridgehead atoms. The van der Waals surface area contributed by atoms with Gasteiger partial charge < -0.3 is 14.2 Å². The zero-order chi connectivity index (χ0) is 17.9. The number of fused-ring (bicyclic) bond motifs is 1. The second-order valence-electron chi connectivity index (χ2n) is 6.60. The fraction of sp³-hybridized carbons (Fsp3) is 0.350. The van der Waals surface area contributed by atoms with Crippen molar-refractivity contribution in [2.24, 2.45) is 0 Å². The number of likely N-dealkylation sites (N-methyl/N-ethyl adjacent to an activating group) is 2. The molecule has 0 radical (unpaired) electrons. The van der Waals surface area contributed by atoms with Gasteiger partial charge in [0.2, 0.25) is 0 Å². The van der Waals surface area contributed by atoms with Crippen molar-refractivity contribution >= 4 is 17.0 Å². The summed E-state index contributed by atoms with van der Waals surface area (Å²) < 4.78 is 11.7. The molecule has 1 atom stereocenters. The molecule has 4 rings (SSSR count). The average molecular weight is 369 g/mol. The van der Waals surface area contributed by atoms with Crippen LogP contribution in [-0.4, -0.2) is 42.8 Å². The second-order valence-corrected chi connectivity index (χ2v) is 7.55. The van der Waals surface area contributed by atoms with Crippen LogP contribution in [0, 0.1) is 0 Å². The van der Waals surface area contributed by atoms with E-state index in [0.717, 1.165) is 48.3 Å². The highest BCUT2D eigenvalue weighted by Crippen LogP contribution is 2.33. The third-order valence-corrected chi connectivity index (χ3v) is 5.46. The van der Waals surface area contributed by atoms with Gasteiger partial charge in [-0.1, -0.05) is 23.4 Å².